The summed E-state index contributed by atoms with van der Waals surface area (Å²) in [5.74, 6) is 1.68. The van der Waals surface area contributed by atoms with Crippen molar-refractivity contribution in [3.05, 3.63) is 46.7 Å². The molecule has 2 aromatic carbocycles. The van der Waals surface area contributed by atoms with E-state index < -0.39 is 0 Å². The summed E-state index contributed by atoms with van der Waals surface area (Å²) in [4.78, 5) is 10.9. The highest BCUT2D eigenvalue weighted by Crippen LogP contribution is 2.35. The first kappa shape index (κ1) is 26.0. The van der Waals surface area contributed by atoms with Gasteiger partial charge >= 0.3 is 0 Å². The monoisotopic (exact) mass is 531 g/mol. The van der Waals surface area contributed by atoms with Gasteiger partial charge in [0.05, 0.1) is 29.3 Å². The van der Waals surface area contributed by atoms with E-state index in [1.54, 1.807) is 19.2 Å². The van der Waals surface area contributed by atoms with Crippen LogP contribution in [0.4, 0.5) is 11.5 Å². The van der Waals surface area contributed by atoms with Crippen molar-refractivity contribution >= 4 is 45.6 Å². The zero-order valence-electron chi connectivity index (χ0n) is 19.9. The topological polar surface area (TPSA) is 117 Å². The van der Waals surface area contributed by atoms with E-state index in [0.717, 1.165) is 17.6 Å². The molecule has 36 heavy (non-hydrogen) atoms. The van der Waals surface area contributed by atoms with Gasteiger partial charge < -0.3 is 19.5 Å². The zero-order valence-corrected chi connectivity index (χ0v) is 21.4. The first-order valence-corrected chi connectivity index (χ1v) is 12.2. The summed E-state index contributed by atoms with van der Waals surface area (Å²) < 4.78 is 17.6. The number of morpholine rings is 1. The average Bonchev–Trinajstić information content (AvgIpc) is 2.89. The maximum Gasteiger partial charge on any atom is 0.178 e. The van der Waals surface area contributed by atoms with E-state index in [1.165, 1.54) is 6.33 Å². The summed E-state index contributed by atoms with van der Waals surface area (Å²) in [7, 11) is 1.58. The molecule has 0 amide bonds. The molecule has 10 nitrogen and oxygen atoms in total. The second kappa shape index (κ2) is 12.3. The lowest BCUT2D eigenvalue weighted by molar-refractivity contribution is -0.0672. The molecule has 1 aromatic heterocycles. The molecule has 0 saturated carbocycles. The number of hydrogen-bond acceptors (Lipinski definition) is 10. The first-order chi connectivity index (χ1) is 17.5. The summed E-state index contributed by atoms with van der Waals surface area (Å²) >= 11 is 12.2. The minimum Gasteiger partial charge on any atom is -0.493 e. The Hall–Kier alpha value is -3.07. The second-order valence-electron chi connectivity index (χ2n) is 8.01. The zero-order chi connectivity index (χ0) is 25.5. The van der Waals surface area contributed by atoms with Crippen LogP contribution in [-0.4, -0.2) is 67.2 Å². The first-order valence-electron chi connectivity index (χ1n) is 11.4. The van der Waals surface area contributed by atoms with E-state index >= 15 is 0 Å². The molecule has 1 fully saturated rings. The van der Waals surface area contributed by atoms with Crippen LogP contribution in [0.15, 0.2) is 36.7 Å². The normalized spacial score (nSPS) is 16.8. The number of ether oxygens (including phenoxy) is 3. The highest BCUT2D eigenvalue weighted by atomic mass is 35.5. The van der Waals surface area contributed by atoms with E-state index in [-0.39, 0.29) is 12.4 Å². The third-order valence-electron chi connectivity index (χ3n) is 5.66. The van der Waals surface area contributed by atoms with Crippen molar-refractivity contribution in [2.75, 3.05) is 45.3 Å². The van der Waals surface area contributed by atoms with E-state index in [4.69, 9.17) is 42.7 Å². The van der Waals surface area contributed by atoms with Gasteiger partial charge in [0.15, 0.2) is 17.7 Å². The lowest BCUT2D eigenvalue weighted by Crippen LogP contribution is -2.59. The molecule has 3 N–H and O–H groups in total. The van der Waals surface area contributed by atoms with Crippen molar-refractivity contribution in [3.8, 4) is 17.7 Å². The number of hydrogen-bond donors (Lipinski definition) is 3. The van der Waals surface area contributed by atoms with Gasteiger partial charge in [0.2, 0.25) is 0 Å². The van der Waals surface area contributed by atoms with Crippen LogP contribution in [0, 0.1) is 11.5 Å². The Morgan fingerprint density at radius 2 is 2.08 bits per heavy atom. The van der Waals surface area contributed by atoms with Crippen molar-refractivity contribution in [2.24, 2.45) is 0 Å². The third kappa shape index (κ3) is 6.19. The number of nitriles is 1. The van der Waals surface area contributed by atoms with Crippen LogP contribution in [-0.2, 0) is 4.74 Å². The van der Waals surface area contributed by atoms with E-state index in [2.05, 4.69) is 30.8 Å². The number of nitrogens with zero attached hydrogens (tertiary/aromatic N) is 4. The highest BCUT2D eigenvalue weighted by Gasteiger charge is 2.27. The predicted octanol–water partition coefficient (Wildman–Crippen LogP) is 3.73. The number of anilines is 2. The predicted molar refractivity (Wildman–Crippen MR) is 139 cm³/mol. The number of aromatic nitrogens is 2. The standard InChI is InChI=1S/C24H27Cl2N7O3/c1-3-28-24(29-13-27)33-6-7-35-16(11-33)12-36-22-10-20-17(9-21(22)34-2)23(31-14-30-20)32-15-4-5-18(25)19(26)8-15/h4-5,8-10,14,16,24,28-29H,3,6-7,11-12H2,1-2H3,(H,30,31,32). The van der Waals surface area contributed by atoms with Crippen LogP contribution in [0.2, 0.25) is 10.0 Å². The van der Waals surface area contributed by atoms with Gasteiger partial charge in [-0.25, -0.2) is 9.97 Å². The Labute approximate surface area is 219 Å². The van der Waals surface area contributed by atoms with Gasteiger partial charge in [-0.15, -0.1) is 0 Å². The SMILES string of the molecule is CCNC(NC#N)N1CCOC(COc2cc3ncnc(Nc4ccc(Cl)c(Cl)c4)c3cc2OC)C1. The molecule has 0 bridgehead atoms. The minimum atomic E-state index is -0.250. The second-order valence-corrected chi connectivity index (χ2v) is 8.83. The number of benzene rings is 2. The summed E-state index contributed by atoms with van der Waals surface area (Å²) in [5.41, 5.74) is 1.42. The molecule has 0 radical (unpaired) electrons. The smallest absolute Gasteiger partial charge is 0.178 e. The van der Waals surface area contributed by atoms with Crippen LogP contribution < -0.4 is 25.4 Å². The summed E-state index contributed by atoms with van der Waals surface area (Å²) in [6.45, 7) is 4.87. The fourth-order valence-electron chi connectivity index (χ4n) is 3.93. The van der Waals surface area contributed by atoms with Gasteiger partial charge in [0.1, 0.15) is 31.1 Å². The lowest BCUT2D eigenvalue weighted by Gasteiger charge is -2.37. The third-order valence-corrected chi connectivity index (χ3v) is 6.40. The Morgan fingerprint density at radius 3 is 2.83 bits per heavy atom. The van der Waals surface area contributed by atoms with Crippen LogP contribution >= 0.6 is 23.2 Å². The molecule has 190 valence electrons. The van der Waals surface area contributed by atoms with E-state index in [0.29, 0.717) is 59.2 Å². The van der Waals surface area contributed by atoms with Crippen molar-refractivity contribution in [2.45, 2.75) is 19.3 Å². The quantitative estimate of drug-likeness (QED) is 0.203. The Morgan fingerprint density at radius 1 is 1.22 bits per heavy atom. The molecule has 4 rings (SSSR count). The number of fused-ring (bicyclic) bond motifs is 1. The molecule has 2 atom stereocenters. The fraction of sp³-hybridized carbons (Fsp3) is 0.375. The fourth-order valence-corrected chi connectivity index (χ4v) is 4.23. The molecule has 2 heterocycles. The molecule has 1 saturated heterocycles. The van der Waals surface area contributed by atoms with Crippen LogP contribution in [0.25, 0.3) is 10.9 Å². The maximum absolute atomic E-state index is 9.06. The van der Waals surface area contributed by atoms with Crippen molar-refractivity contribution in [1.82, 2.24) is 25.5 Å². The molecule has 12 heteroatoms. The molecule has 1 aliphatic heterocycles. The van der Waals surface area contributed by atoms with Crippen molar-refractivity contribution in [1.29, 1.82) is 5.26 Å². The van der Waals surface area contributed by atoms with Gasteiger partial charge in [-0.1, -0.05) is 30.1 Å². The molecule has 0 aliphatic carbocycles. The lowest BCUT2D eigenvalue weighted by atomic mass is 10.2. The Bertz CT molecular complexity index is 1240. The average molecular weight is 532 g/mol. The number of nitrogens with one attached hydrogen (secondary N) is 3. The molecular formula is C24H27Cl2N7O3. The maximum atomic E-state index is 9.06. The van der Waals surface area contributed by atoms with Gasteiger partial charge in [-0.2, -0.15) is 5.26 Å². The minimum absolute atomic E-state index is 0.182. The summed E-state index contributed by atoms with van der Waals surface area (Å²) in [5, 5.41) is 20.0. The Balaban J connectivity index is 1.50. The van der Waals surface area contributed by atoms with Gasteiger partial charge in [0, 0.05) is 30.2 Å². The largest absolute Gasteiger partial charge is 0.493 e. The number of halogens is 2. The van der Waals surface area contributed by atoms with Crippen molar-refractivity contribution in [3.63, 3.8) is 0 Å². The van der Waals surface area contributed by atoms with Crippen LogP contribution in [0.5, 0.6) is 11.5 Å². The van der Waals surface area contributed by atoms with Crippen LogP contribution in [0.1, 0.15) is 6.92 Å². The van der Waals surface area contributed by atoms with E-state index in [1.807, 2.05) is 31.3 Å². The Kier molecular flexibility index (Phi) is 8.85. The number of rotatable bonds is 10. The van der Waals surface area contributed by atoms with Crippen molar-refractivity contribution < 1.29 is 14.2 Å². The highest BCUT2D eigenvalue weighted by molar-refractivity contribution is 6.42. The molecule has 3 aromatic rings. The van der Waals surface area contributed by atoms with Crippen LogP contribution in [0.3, 0.4) is 0 Å². The van der Waals surface area contributed by atoms with Gasteiger partial charge in [-0.3, -0.25) is 15.5 Å². The number of methoxy groups -OCH3 is 1. The molecular weight excluding hydrogens is 505 g/mol. The molecule has 0 spiro atoms. The van der Waals surface area contributed by atoms with E-state index in [9.17, 15) is 0 Å². The summed E-state index contributed by atoms with van der Waals surface area (Å²) in [6.07, 6.45) is 3.05. The van der Waals surface area contributed by atoms with Gasteiger partial charge in [0.25, 0.3) is 0 Å². The molecule has 2 unspecified atom stereocenters. The summed E-state index contributed by atoms with van der Waals surface area (Å²) in [6, 6.07) is 8.91. The van der Waals surface area contributed by atoms with Gasteiger partial charge in [-0.05, 0) is 30.8 Å². The molecule has 1 aliphatic rings.